The highest BCUT2D eigenvalue weighted by Gasteiger charge is 2.43. The average Bonchev–Trinajstić information content (AvgIpc) is 2.49. The molecule has 1 saturated carbocycles. The molecule has 0 bridgehead atoms. The number of hydrogen-bond donors (Lipinski definition) is 1. The summed E-state index contributed by atoms with van der Waals surface area (Å²) < 4.78 is 6.18. The molecule has 2 aliphatic heterocycles. The molecule has 1 aromatic carbocycles. The average molecular weight is 349 g/mol. The number of benzene rings is 1. The number of rotatable bonds is 5. The van der Waals surface area contributed by atoms with Gasteiger partial charge in [0.2, 0.25) is 5.91 Å². The lowest BCUT2D eigenvalue weighted by Crippen LogP contribution is -2.64. The van der Waals surface area contributed by atoms with Crippen LogP contribution < -0.4 is 5.32 Å². The van der Waals surface area contributed by atoms with Crippen LogP contribution in [0.2, 0.25) is 5.02 Å². The summed E-state index contributed by atoms with van der Waals surface area (Å²) >= 11 is 6.07. The van der Waals surface area contributed by atoms with Crippen molar-refractivity contribution in [2.45, 2.75) is 56.9 Å². The monoisotopic (exact) mass is 348 g/mol. The molecule has 24 heavy (non-hydrogen) atoms. The fraction of sp³-hybridized carbons (Fsp3) is 0.632. The zero-order valence-corrected chi connectivity index (χ0v) is 14.7. The number of ether oxygens (including phenoxy) is 1. The Balaban J connectivity index is 1.22. The van der Waals surface area contributed by atoms with Crippen molar-refractivity contribution in [2.75, 3.05) is 13.1 Å². The number of nitrogens with one attached hydrogen (secondary N) is 1. The van der Waals surface area contributed by atoms with E-state index in [1.54, 1.807) is 0 Å². The highest BCUT2D eigenvalue weighted by Crippen LogP contribution is 2.33. The normalized spacial score (nSPS) is 30.1. The largest absolute Gasteiger partial charge is 0.370 e. The van der Waals surface area contributed by atoms with Crippen LogP contribution in [0.25, 0.3) is 0 Å². The predicted molar refractivity (Wildman–Crippen MR) is 93.9 cm³/mol. The van der Waals surface area contributed by atoms with E-state index in [0.29, 0.717) is 18.7 Å². The fourth-order valence-electron chi connectivity index (χ4n) is 3.99. The Morgan fingerprint density at radius 3 is 2.88 bits per heavy atom. The molecule has 2 heterocycles. The molecule has 130 valence electrons. The lowest BCUT2D eigenvalue weighted by atomic mass is 9.84. The minimum Gasteiger partial charge on any atom is -0.370 e. The number of hydrogen-bond acceptors (Lipinski definition) is 3. The Bertz CT molecular complexity index is 605. The number of nitrogens with zero attached hydrogens (tertiary/aromatic N) is 1. The summed E-state index contributed by atoms with van der Waals surface area (Å²) in [4.78, 5) is 14.4. The van der Waals surface area contributed by atoms with Gasteiger partial charge in [-0.25, -0.2) is 0 Å². The molecule has 0 spiro atoms. The van der Waals surface area contributed by atoms with Crippen LogP contribution in [-0.2, 0) is 16.1 Å². The summed E-state index contributed by atoms with van der Waals surface area (Å²) in [6, 6.07) is 8.60. The second-order valence-corrected chi connectivity index (χ2v) is 7.81. The number of fused-ring (bicyclic) bond motifs is 1. The van der Waals surface area contributed by atoms with E-state index in [0.717, 1.165) is 43.8 Å². The Hall–Kier alpha value is -1.10. The maximum Gasteiger partial charge on any atom is 0.223 e. The van der Waals surface area contributed by atoms with Crippen molar-refractivity contribution in [3.63, 3.8) is 0 Å². The molecule has 3 aliphatic rings. The van der Waals surface area contributed by atoms with Gasteiger partial charge in [0.05, 0.1) is 12.2 Å². The lowest BCUT2D eigenvalue weighted by molar-refractivity contribution is -0.170. The molecule has 0 unspecified atom stereocenters. The van der Waals surface area contributed by atoms with Crippen molar-refractivity contribution in [2.24, 2.45) is 5.92 Å². The van der Waals surface area contributed by atoms with E-state index < -0.39 is 0 Å². The van der Waals surface area contributed by atoms with Crippen molar-refractivity contribution in [1.29, 1.82) is 0 Å². The summed E-state index contributed by atoms with van der Waals surface area (Å²) in [5.41, 5.74) is 1.26. The maximum absolute atomic E-state index is 11.9. The zero-order chi connectivity index (χ0) is 16.5. The Labute approximate surface area is 148 Å². The molecule has 1 aliphatic carbocycles. The smallest absolute Gasteiger partial charge is 0.223 e. The maximum atomic E-state index is 11.9. The third-order valence-corrected chi connectivity index (χ3v) is 5.95. The molecular formula is C19H25ClN2O2. The molecule has 3 atom stereocenters. The standard InChI is InChI=1S/C19H25ClN2O2/c20-15-6-1-3-13(9-15)11-22-12-18-17(22)8-7-16(24-18)10-21-19(23)14-4-2-5-14/h1,3,6,9,14,16-18H,2,4-5,7-8,10-12H2,(H,21,23)/t16-,17+,18+/m1/s1. The molecule has 1 amide bonds. The van der Waals surface area contributed by atoms with Gasteiger partial charge in [-0.1, -0.05) is 30.2 Å². The molecule has 5 heteroatoms. The predicted octanol–water partition coefficient (Wildman–Crippen LogP) is 2.99. The molecular weight excluding hydrogens is 324 g/mol. The van der Waals surface area contributed by atoms with E-state index in [-0.39, 0.29) is 17.9 Å². The number of halogens is 1. The fourth-order valence-corrected chi connectivity index (χ4v) is 4.20. The van der Waals surface area contributed by atoms with Gasteiger partial charge in [0, 0.05) is 36.6 Å². The van der Waals surface area contributed by atoms with Gasteiger partial charge in [0.1, 0.15) is 0 Å². The van der Waals surface area contributed by atoms with Crippen molar-refractivity contribution in [3.8, 4) is 0 Å². The van der Waals surface area contributed by atoms with Crippen molar-refractivity contribution in [1.82, 2.24) is 10.2 Å². The van der Waals surface area contributed by atoms with Crippen LogP contribution in [0.4, 0.5) is 0 Å². The first-order valence-electron chi connectivity index (χ1n) is 9.11. The van der Waals surface area contributed by atoms with Crippen molar-refractivity contribution in [3.05, 3.63) is 34.9 Å². The summed E-state index contributed by atoms with van der Waals surface area (Å²) in [6.45, 7) is 2.59. The number of amides is 1. The molecule has 0 aromatic heterocycles. The molecule has 2 saturated heterocycles. The van der Waals surface area contributed by atoms with E-state index in [2.05, 4.69) is 16.3 Å². The van der Waals surface area contributed by atoms with Crippen LogP contribution in [0, 0.1) is 5.92 Å². The Morgan fingerprint density at radius 1 is 1.29 bits per heavy atom. The van der Waals surface area contributed by atoms with E-state index in [4.69, 9.17) is 16.3 Å². The van der Waals surface area contributed by atoms with E-state index in [1.807, 2.05) is 18.2 Å². The number of carbonyl (C=O) groups excluding carboxylic acids is 1. The molecule has 1 N–H and O–H groups in total. The van der Waals surface area contributed by atoms with Gasteiger partial charge >= 0.3 is 0 Å². The van der Waals surface area contributed by atoms with Crippen molar-refractivity contribution >= 4 is 17.5 Å². The molecule has 4 nitrogen and oxygen atoms in total. The third-order valence-electron chi connectivity index (χ3n) is 5.72. The highest BCUT2D eigenvalue weighted by molar-refractivity contribution is 6.30. The lowest BCUT2D eigenvalue weighted by Gasteiger charge is -2.52. The summed E-state index contributed by atoms with van der Waals surface area (Å²) in [5.74, 6) is 0.487. The van der Waals surface area contributed by atoms with Gasteiger partial charge in [-0.3, -0.25) is 9.69 Å². The number of likely N-dealkylation sites (tertiary alicyclic amines) is 1. The van der Waals surface area contributed by atoms with Crippen LogP contribution in [-0.4, -0.2) is 42.1 Å². The quantitative estimate of drug-likeness (QED) is 0.889. The second-order valence-electron chi connectivity index (χ2n) is 7.37. The van der Waals surface area contributed by atoms with Crippen LogP contribution in [0.3, 0.4) is 0 Å². The van der Waals surface area contributed by atoms with Gasteiger partial charge in [0.25, 0.3) is 0 Å². The Morgan fingerprint density at radius 2 is 2.17 bits per heavy atom. The van der Waals surface area contributed by atoms with E-state index in [9.17, 15) is 4.79 Å². The molecule has 0 radical (unpaired) electrons. The number of carbonyl (C=O) groups is 1. The van der Waals surface area contributed by atoms with Crippen LogP contribution >= 0.6 is 11.6 Å². The van der Waals surface area contributed by atoms with E-state index in [1.165, 1.54) is 12.0 Å². The first-order valence-corrected chi connectivity index (χ1v) is 9.48. The first-order chi connectivity index (χ1) is 11.7. The van der Waals surface area contributed by atoms with Gasteiger partial charge < -0.3 is 10.1 Å². The second kappa shape index (κ2) is 7.03. The minimum atomic E-state index is 0.184. The van der Waals surface area contributed by atoms with E-state index >= 15 is 0 Å². The summed E-state index contributed by atoms with van der Waals surface area (Å²) in [5, 5.41) is 3.88. The SMILES string of the molecule is O=C(NC[C@H]1CC[C@H]2[C@H](CN2Cc2cccc(Cl)c2)O1)C1CCC1. The third kappa shape index (κ3) is 3.46. The molecule has 3 fully saturated rings. The summed E-state index contributed by atoms with van der Waals surface area (Å²) in [6.07, 6.45) is 5.99. The van der Waals surface area contributed by atoms with Crippen LogP contribution in [0.5, 0.6) is 0 Å². The molecule has 1 aromatic rings. The summed E-state index contributed by atoms with van der Waals surface area (Å²) in [7, 11) is 0. The van der Waals surface area contributed by atoms with Crippen molar-refractivity contribution < 1.29 is 9.53 Å². The van der Waals surface area contributed by atoms with Crippen LogP contribution in [0.1, 0.15) is 37.7 Å². The van der Waals surface area contributed by atoms with Crippen LogP contribution in [0.15, 0.2) is 24.3 Å². The van der Waals surface area contributed by atoms with Gasteiger partial charge in [0.15, 0.2) is 0 Å². The molecule has 4 rings (SSSR count). The zero-order valence-electron chi connectivity index (χ0n) is 13.9. The van der Waals surface area contributed by atoms with Gasteiger partial charge in [-0.05, 0) is 43.4 Å². The van der Waals surface area contributed by atoms with Gasteiger partial charge in [-0.15, -0.1) is 0 Å². The highest BCUT2D eigenvalue weighted by atomic mass is 35.5. The topological polar surface area (TPSA) is 41.6 Å². The Kier molecular flexibility index (Phi) is 4.79. The minimum absolute atomic E-state index is 0.184. The van der Waals surface area contributed by atoms with Gasteiger partial charge in [-0.2, -0.15) is 0 Å². The first kappa shape index (κ1) is 16.4.